The van der Waals surface area contributed by atoms with Crippen molar-refractivity contribution in [3.8, 4) is 0 Å². The van der Waals surface area contributed by atoms with Crippen LogP contribution in [0, 0.1) is 13.8 Å². The highest BCUT2D eigenvalue weighted by Gasteiger charge is 2.41. The van der Waals surface area contributed by atoms with Crippen LogP contribution in [0.5, 0.6) is 0 Å². The SMILES string of the molecule is Cc1cc(C)cc(C(=O)N2CCC3(CC2)C[C@H](NC(=O)c2cnn(C)c2)CCO3)c1. The summed E-state index contributed by atoms with van der Waals surface area (Å²) in [5.41, 5.74) is 3.29. The van der Waals surface area contributed by atoms with Gasteiger partial charge in [-0.1, -0.05) is 17.2 Å². The number of hydrogen-bond acceptors (Lipinski definition) is 4. The summed E-state index contributed by atoms with van der Waals surface area (Å²) in [6.07, 6.45) is 6.48. The fourth-order valence-corrected chi connectivity index (χ4v) is 4.70. The van der Waals surface area contributed by atoms with Gasteiger partial charge in [0.25, 0.3) is 11.8 Å². The highest BCUT2D eigenvalue weighted by molar-refractivity contribution is 5.95. The zero-order chi connectivity index (χ0) is 21.3. The molecule has 0 saturated carbocycles. The Morgan fingerprint density at radius 2 is 1.83 bits per heavy atom. The number of piperidine rings is 1. The molecule has 0 unspecified atom stereocenters. The van der Waals surface area contributed by atoms with Gasteiger partial charge in [0.15, 0.2) is 0 Å². The van der Waals surface area contributed by atoms with Gasteiger partial charge in [-0.15, -0.1) is 0 Å². The van der Waals surface area contributed by atoms with Crippen molar-refractivity contribution in [2.24, 2.45) is 7.05 Å². The lowest BCUT2D eigenvalue weighted by Gasteiger charge is -2.46. The van der Waals surface area contributed by atoms with Gasteiger partial charge in [-0.25, -0.2) is 0 Å². The summed E-state index contributed by atoms with van der Waals surface area (Å²) in [4.78, 5) is 27.4. The molecule has 1 atom stereocenters. The van der Waals surface area contributed by atoms with Gasteiger partial charge in [-0.05, 0) is 51.7 Å². The van der Waals surface area contributed by atoms with Crippen molar-refractivity contribution in [1.82, 2.24) is 20.0 Å². The van der Waals surface area contributed by atoms with E-state index in [1.54, 1.807) is 24.1 Å². The standard InChI is InChI=1S/C23H30N4O3/c1-16-10-17(2)12-18(11-16)22(29)27-7-5-23(6-8-27)13-20(4-9-30-23)25-21(28)19-14-24-26(3)15-19/h10-12,14-15,20H,4-9,13H2,1-3H3,(H,25,28)/t20-/m1/s1. The first-order valence-electron chi connectivity index (χ1n) is 10.6. The monoisotopic (exact) mass is 410 g/mol. The van der Waals surface area contributed by atoms with E-state index in [2.05, 4.69) is 16.5 Å². The van der Waals surface area contributed by atoms with E-state index in [1.807, 2.05) is 30.9 Å². The Kier molecular flexibility index (Phi) is 5.64. The van der Waals surface area contributed by atoms with Crippen molar-refractivity contribution in [1.29, 1.82) is 0 Å². The molecule has 1 N–H and O–H groups in total. The number of nitrogens with one attached hydrogen (secondary N) is 1. The molecule has 2 aliphatic rings. The van der Waals surface area contributed by atoms with E-state index in [9.17, 15) is 9.59 Å². The van der Waals surface area contributed by atoms with E-state index in [0.717, 1.165) is 42.4 Å². The number of carbonyl (C=O) groups is 2. The predicted molar refractivity (Wildman–Crippen MR) is 113 cm³/mol. The molecule has 0 bridgehead atoms. The van der Waals surface area contributed by atoms with Crippen LogP contribution in [-0.4, -0.2) is 57.8 Å². The predicted octanol–water partition coefficient (Wildman–Crippen LogP) is 2.62. The van der Waals surface area contributed by atoms with Crippen molar-refractivity contribution in [2.45, 2.75) is 51.2 Å². The molecule has 1 spiro atoms. The van der Waals surface area contributed by atoms with E-state index < -0.39 is 0 Å². The number of hydrogen-bond donors (Lipinski definition) is 1. The number of amides is 2. The molecule has 2 fully saturated rings. The Labute approximate surface area is 177 Å². The highest BCUT2D eigenvalue weighted by atomic mass is 16.5. The third-order valence-electron chi connectivity index (χ3n) is 6.23. The largest absolute Gasteiger partial charge is 0.375 e. The molecule has 2 aliphatic heterocycles. The summed E-state index contributed by atoms with van der Waals surface area (Å²) >= 11 is 0. The lowest BCUT2D eigenvalue weighted by Crippen LogP contribution is -2.54. The molecular formula is C23H30N4O3. The lowest BCUT2D eigenvalue weighted by molar-refractivity contribution is -0.114. The van der Waals surface area contributed by atoms with Crippen molar-refractivity contribution in [3.63, 3.8) is 0 Å². The number of nitrogens with zero attached hydrogens (tertiary/aromatic N) is 3. The zero-order valence-corrected chi connectivity index (χ0v) is 18.0. The van der Waals surface area contributed by atoms with Crippen LogP contribution in [0.1, 0.15) is 57.5 Å². The van der Waals surface area contributed by atoms with Gasteiger partial charge in [0.05, 0.1) is 17.4 Å². The van der Waals surface area contributed by atoms with Gasteiger partial charge >= 0.3 is 0 Å². The summed E-state index contributed by atoms with van der Waals surface area (Å²) in [6, 6.07) is 6.08. The normalized spacial score (nSPS) is 20.9. The highest BCUT2D eigenvalue weighted by Crippen LogP contribution is 2.35. The van der Waals surface area contributed by atoms with Gasteiger partial charge in [0, 0.05) is 44.5 Å². The Morgan fingerprint density at radius 3 is 2.47 bits per heavy atom. The molecule has 2 aromatic rings. The third kappa shape index (κ3) is 4.41. The van der Waals surface area contributed by atoms with Crippen LogP contribution in [0.3, 0.4) is 0 Å². The number of aryl methyl sites for hydroxylation is 3. The molecule has 160 valence electrons. The first kappa shape index (κ1) is 20.6. The van der Waals surface area contributed by atoms with Crippen LogP contribution in [0.2, 0.25) is 0 Å². The average Bonchev–Trinajstić information content (AvgIpc) is 3.14. The van der Waals surface area contributed by atoms with Crippen molar-refractivity contribution in [2.75, 3.05) is 19.7 Å². The number of rotatable bonds is 3. The first-order valence-corrected chi connectivity index (χ1v) is 10.6. The molecule has 1 aromatic carbocycles. The summed E-state index contributed by atoms with van der Waals surface area (Å²) in [7, 11) is 1.80. The smallest absolute Gasteiger partial charge is 0.254 e. The van der Waals surface area contributed by atoms with Crippen molar-refractivity contribution >= 4 is 11.8 Å². The van der Waals surface area contributed by atoms with Crippen LogP contribution in [0.4, 0.5) is 0 Å². The number of aromatic nitrogens is 2. The minimum absolute atomic E-state index is 0.0770. The van der Waals surface area contributed by atoms with Crippen molar-refractivity contribution in [3.05, 3.63) is 52.8 Å². The quantitative estimate of drug-likeness (QED) is 0.844. The Morgan fingerprint density at radius 1 is 1.13 bits per heavy atom. The molecule has 0 radical (unpaired) electrons. The number of benzene rings is 1. The van der Waals surface area contributed by atoms with Crippen LogP contribution in [-0.2, 0) is 11.8 Å². The van der Waals surface area contributed by atoms with Crippen LogP contribution < -0.4 is 5.32 Å². The molecule has 3 heterocycles. The Hall–Kier alpha value is -2.67. The maximum atomic E-state index is 13.0. The maximum absolute atomic E-state index is 13.0. The van der Waals surface area contributed by atoms with Gasteiger partial charge < -0.3 is 15.0 Å². The summed E-state index contributed by atoms with van der Waals surface area (Å²) < 4.78 is 7.82. The number of likely N-dealkylation sites (tertiary alicyclic amines) is 1. The van der Waals surface area contributed by atoms with Crippen LogP contribution in [0.25, 0.3) is 0 Å². The van der Waals surface area contributed by atoms with Gasteiger partial charge in [0.1, 0.15) is 0 Å². The molecule has 7 nitrogen and oxygen atoms in total. The summed E-state index contributed by atoms with van der Waals surface area (Å²) in [5.74, 6) is 0.00136. The molecule has 7 heteroatoms. The van der Waals surface area contributed by atoms with Crippen molar-refractivity contribution < 1.29 is 14.3 Å². The first-order chi connectivity index (χ1) is 14.3. The Balaban J connectivity index is 1.36. The minimum Gasteiger partial charge on any atom is -0.375 e. The summed E-state index contributed by atoms with van der Waals surface area (Å²) in [6.45, 7) is 6.02. The maximum Gasteiger partial charge on any atom is 0.254 e. The molecule has 2 amide bonds. The Bertz CT molecular complexity index is 923. The van der Waals surface area contributed by atoms with Crippen LogP contribution >= 0.6 is 0 Å². The number of carbonyl (C=O) groups excluding carboxylic acids is 2. The topological polar surface area (TPSA) is 76.5 Å². The summed E-state index contributed by atoms with van der Waals surface area (Å²) in [5, 5.41) is 7.21. The van der Waals surface area contributed by atoms with Crippen LogP contribution in [0.15, 0.2) is 30.6 Å². The lowest BCUT2D eigenvalue weighted by atomic mass is 9.82. The van der Waals surface area contributed by atoms with Gasteiger partial charge in [0.2, 0.25) is 0 Å². The minimum atomic E-state index is -0.259. The van der Waals surface area contributed by atoms with Gasteiger partial charge in [-0.3, -0.25) is 14.3 Å². The molecular weight excluding hydrogens is 380 g/mol. The molecule has 30 heavy (non-hydrogen) atoms. The molecule has 2 saturated heterocycles. The molecule has 1 aromatic heterocycles. The molecule has 4 rings (SSSR count). The second-order valence-corrected chi connectivity index (χ2v) is 8.77. The van der Waals surface area contributed by atoms with E-state index >= 15 is 0 Å². The second kappa shape index (κ2) is 8.22. The van der Waals surface area contributed by atoms with E-state index in [1.165, 1.54) is 0 Å². The average molecular weight is 411 g/mol. The fourth-order valence-electron chi connectivity index (χ4n) is 4.70. The molecule has 0 aliphatic carbocycles. The second-order valence-electron chi connectivity index (χ2n) is 8.77. The van der Waals surface area contributed by atoms with Gasteiger partial charge in [-0.2, -0.15) is 5.10 Å². The zero-order valence-electron chi connectivity index (χ0n) is 18.0. The van der Waals surface area contributed by atoms with E-state index in [0.29, 0.717) is 25.3 Å². The van der Waals surface area contributed by atoms with E-state index in [4.69, 9.17) is 4.74 Å². The van der Waals surface area contributed by atoms with E-state index in [-0.39, 0.29) is 23.5 Å². The number of ether oxygens (including phenoxy) is 1. The third-order valence-corrected chi connectivity index (χ3v) is 6.23. The fraction of sp³-hybridized carbons (Fsp3) is 0.522.